The maximum absolute atomic E-state index is 4.68. The zero-order chi connectivity index (χ0) is 12.4. The third kappa shape index (κ3) is 2.98. The Balaban J connectivity index is 0.00000133. The van der Waals surface area contributed by atoms with E-state index in [1.807, 2.05) is 13.0 Å². The molecule has 0 bridgehead atoms. The zero-order valence-electron chi connectivity index (χ0n) is 11.3. The van der Waals surface area contributed by atoms with Gasteiger partial charge in [0.15, 0.2) is 0 Å². The Morgan fingerprint density at radius 2 is 1.63 bits per heavy atom. The van der Waals surface area contributed by atoms with Crippen LogP contribution in [0.3, 0.4) is 0 Å². The molecule has 2 aromatic rings. The number of hydrogen-bond donors (Lipinski definition) is 0. The van der Waals surface area contributed by atoms with E-state index in [-0.39, 0.29) is 12.4 Å². The third-order valence-corrected chi connectivity index (χ3v) is 3.60. The van der Waals surface area contributed by atoms with E-state index >= 15 is 0 Å². The SMILES string of the molecule is Cc1nc(N2CCCCCC2)c2ccccc2n1.[Cl-]. The van der Waals surface area contributed by atoms with E-state index in [1.165, 1.54) is 31.1 Å². The number of nitrogens with zero attached hydrogens (tertiary/aromatic N) is 3. The number of aryl methyl sites for hydroxylation is 1. The lowest BCUT2D eigenvalue weighted by Crippen LogP contribution is -3.00. The number of fused-ring (bicyclic) bond motifs is 1. The van der Waals surface area contributed by atoms with Crippen molar-refractivity contribution in [3.05, 3.63) is 30.1 Å². The van der Waals surface area contributed by atoms with Crippen LogP contribution in [0, 0.1) is 6.92 Å². The van der Waals surface area contributed by atoms with Crippen LogP contribution >= 0.6 is 0 Å². The minimum atomic E-state index is 0. The fourth-order valence-corrected chi connectivity index (χ4v) is 2.70. The van der Waals surface area contributed by atoms with Gasteiger partial charge in [0.25, 0.3) is 0 Å². The number of rotatable bonds is 1. The smallest absolute Gasteiger partial charge is 0.140 e. The lowest BCUT2D eigenvalue weighted by atomic mass is 10.2. The van der Waals surface area contributed by atoms with Gasteiger partial charge >= 0.3 is 0 Å². The van der Waals surface area contributed by atoms with Gasteiger partial charge in [-0.2, -0.15) is 0 Å². The number of halogens is 1. The minimum absolute atomic E-state index is 0. The summed E-state index contributed by atoms with van der Waals surface area (Å²) in [6.45, 7) is 4.23. The molecule has 3 rings (SSSR count). The molecule has 0 amide bonds. The topological polar surface area (TPSA) is 29.0 Å². The number of benzene rings is 1. The van der Waals surface area contributed by atoms with Crippen LogP contribution < -0.4 is 17.3 Å². The largest absolute Gasteiger partial charge is 1.00 e. The van der Waals surface area contributed by atoms with E-state index in [4.69, 9.17) is 0 Å². The van der Waals surface area contributed by atoms with Gasteiger partial charge in [-0.05, 0) is 31.9 Å². The molecule has 1 saturated heterocycles. The van der Waals surface area contributed by atoms with Crippen LogP contribution in [0.5, 0.6) is 0 Å². The van der Waals surface area contributed by atoms with E-state index in [9.17, 15) is 0 Å². The molecule has 3 nitrogen and oxygen atoms in total. The van der Waals surface area contributed by atoms with Gasteiger partial charge < -0.3 is 17.3 Å². The molecule has 0 atom stereocenters. The molecule has 1 fully saturated rings. The molecule has 1 aromatic heterocycles. The Bertz CT molecular complexity index is 548. The summed E-state index contributed by atoms with van der Waals surface area (Å²) in [6.07, 6.45) is 5.24. The van der Waals surface area contributed by atoms with Gasteiger partial charge in [-0.25, -0.2) is 9.97 Å². The highest BCUT2D eigenvalue weighted by Crippen LogP contribution is 2.25. The van der Waals surface area contributed by atoms with E-state index in [0.717, 1.165) is 30.2 Å². The molecule has 1 aliphatic rings. The summed E-state index contributed by atoms with van der Waals surface area (Å²) in [6, 6.07) is 8.32. The number of anilines is 1. The average molecular weight is 277 g/mol. The Morgan fingerprint density at radius 1 is 0.947 bits per heavy atom. The molecule has 19 heavy (non-hydrogen) atoms. The van der Waals surface area contributed by atoms with Crippen LogP contribution in [0.1, 0.15) is 31.5 Å². The maximum Gasteiger partial charge on any atom is 0.140 e. The van der Waals surface area contributed by atoms with Crippen LogP contribution in [0.2, 0.25) is 0 Å². The van der Waals surface area contributed by atoms with Crippen LogP contribution in [-0.2, 0) is 0 Å². The molecule has 0 spiro atoms. The van der Waals surface area contributed by atoms with Crippen molar-refractivity contribution in [2.75, 3.05) is 18.0 Å². The summed E-state index contributed by atoms with van der Waals surface area (Å²) in [7, 11) is 0. The van der Waals surface area contributed by atoms with Gasteiger partial charge in [0.05, 0.1) is 5.52 Å². The predicted octanol–water partition coefficient (Wildman–Crippen LogP) is 0.323. The third-order valence-electron chi connectivity index (χ3n) is 3.60. The number of hydrogen-bond acceptors (Lipinski definition) is 3. The number of aromatic nitrogens is 2. The quantitative estimate of drug-likeness (QED) is 0.751. The van der Waals surface area contributed by atoms with Gasteiger partial charge in [-0.3, -0.25) is 0 Å². The first-order chi connectivity index (χ1) is 8.84. The lowest BCUT2D eigenvalue weighted by Gasteiger charge is -2.23. The monoisotopic (exact) mass is 276 g/mol. The van der Waals surface area contributed by atoms with E-state index in [0.29, 0.717) is 0 Å². The second-order valence-electron chi connectivity index (χ2n) is 5.01. The zero-order valence-corrected chi connectivity index (χ0v) is 12.0. The fraction of sp³-hybridized carbons (Fsp3) is 0.467. The standard InChI is InChI=1S/C15H19N3.ClH/c1-12-16-14-9-5-4-8-13(14)15(17-12)18-10-6-2-3-7-11-18;/h4-5,8-9H,2-3,6-7,10-11H2,1H3;1H/p-1. The van der Waals surface area contributed by atoms with Crippen molar-refractivity contribution in [3.63, 3.8) is 0 Å². The summed E-state index contributed by atoms with van der Waals surface area (Å²) in [5.41, 5.74) is 1.06. The van der Waals surface area contributed by atoms with E-state index in [2.05, 4.69) is 33.1 Å². The second-order valence-corrected chi connectivity index (χ2v) is 5.01. The van der Waals surface area contributed by atoms with Gasteiger partial charge in [-0.15, -0.1) is 0 Å². The fourth-order valence-electron chi connectivity index (χ4n) is 2.70. The molecule has 0 N–H and O–H groups in total. The average Bonchev–Trinajstić information content (AvgIpc) is 2.66. The van der Waals surface area contributed by atoms with Crippen molar-refractivity contribution in [2.24, 2.45) is 0 Å². The molecular weight excluding hydrogens is 258 g/mol. The van der Waals surface area contributed by atoms with Crippen LogP contribution in [0.15, 0.2) is 24.3 Å². The Kier molecular flexibility index (Phi) is 4.59. The van der Waals surface area contributed by atoms with Gasteiger partial charge in [0, 0.05) is 18.5 Å². The maximum atomic E-state index is 4.68. The summed E-state index contributed by atoms with van der Waals surface area (Å²) >= 11 is 0. The Morgan fingerprint density at radius 3 is 2.37 bits per heavy atom. The Hall–Kier alpha value is -1.35. The first-order valence-corrected chi connectivity index (χ1v) is 6.83. The molecule has 1 aromatic carbocycles. The molecule has 0 aliphatic carbocycles. The summed E-state index contributed by atoms with van der Waals surface area (Å²) in [4.78, 5) is 11.6. The van der Waals surface area contributed by atoms with Crippen molar-refractivity contribution in [1.82, 2.24) is 9.97 Å². The van der Waals surface area contributed by atoms with E-state index in [1.54, 1.807) is 0 Å². The highest BCUT2D eigenvalue weighted by molar-refractivity contribution is 5.89. The highest BCUT2D eigenvalue weighted by Gasteiger charge is 2.14. The molecular formula is C15H19ClN3-. The van der Waals surface area contributed by atoms with Crippen molar-refractivity contribution >= 4 is 16.7 Å². The molecule has 0 radical (unpaired) electrons. The van der Waals surface area contributed by atoms with Gasteiger partial charge in [-0.1, -0.05) is 25.0 Å². The van der Waals surface area contributed by atoms with Crippen molar-refractivity contribution in [3.8, 4) is 0 Å². The molecule has 1 aliphatic heterocycles. The van der Waals surface area contributed by atoms with E-state index < -0.39 is 0 Å². The van der Waals surface area contributed by atoms with Crippen molar-refractivity contribution in [1.29, 1.82) is 0 Å². The first kappa shape index (κ1) is 14.1. The predicted molar refractivity (Wildman–Crippen MR) is 75.0 cm³/mol. The highest BCUT2D eigenvalue weighted by atomic mass is 35.5. The first-order valence-electron chi connectivity index (χ1n) is 6.83. The molecule has 2 heterocycles. The van der Waals surface area contributed by atoms with Crippen LogP contribution in [-0.4, -0.2) is 23.1 Å². The molecule has 4 heteroatoms. The minimum Gasteiger partial charge on any atom is -1.00 e. The van der Waals surface area contributed by atoms with Gasteiger partial charge in [0.2, 0.25) is 0 Å². The van der Waals surface area contributed by atoms with Gasteiger partial charge in [0.1, 0.15) is 11.6 Å². The Labute approximate surface area is 120 Å². The van der Waals surface area contributed by atoms with Crippen molar-refractivity contribution < 1.29 is 12.4 Å². The molecule has 102 valence electrons. The summed E-state index contributed by atoms with van der Waals surface area (Å²) in [5.74, 6) is 1.99. The van der Waals surface area contributed by atoms with Crippen LogP contribution in [0.4, 0.5) is 5.82 Å². The molecule has 0 saturated carbocycles. The van der Waals surface area contributed by atoms with Crippen LogP contribution in [0.25, 0.3) is 10.9 Å². The molecule has 0 unspecified atom stereocenters. The summed E-state index contributed by atoms with van der Waals surface area (Å²) < 4.78 is 0. The second kappa shape index (κ2) is 6.20. The van der Waals surface area contributed by atoms with Crippen molar-refractivity contribution in [2.45, 2.75) is 32.6 Å². The summed E-state index contributed by atoms with van der Waals surface area (Å²) in [5, 5.41) is 1.19. The number of para-hydroxylation sites is 1. The lowest BCUT2D eigenvalue weighted by molar-refractivity contribution is -0.00000390. The normalized spacial score (nSPS) is 15.9.